The van der Waals surface area contributed by atoms with E-state index in [9.17, 15) is 14.4 Å². The molecule has 8 heteroatoms. The van der Waals surface area contributed by atoms with Gasteiger partial charge < -0.3 is 20.3 Å². The number of ether oxygens (including phenoxy) is 1. The zero-order valence-corrected chi connectivity index (χ0v) is 19.6. The van der Waals surface area contributed by atoms with E-state index in [0.29, 0.717) is 31.3 Å². The van der Waals surface area contributed by atoms with Crippen molar-refractivity contribution in [1.29, 1.82) is 0 Å². The van der Waals surface area contributed by atoms with E-state index in [-0.39, 0.29) is 30.8 Å². The van der Waals surface area contributed by atoms with Crippen LogP contribution in [0.15, 0.2) is 24.3 Å². The van der Waals surface area contributed by atoms with Crippen LogP contribution in [0, 0.1) is 5.92 Å². The van der Waals surface area contributed by atoms with Gasteiger partial charge in [-0.2, -0.15) is 0 Å². The largest absolute Gasteiger partial charge is 0.496 e. The van der Waals surface area contributed by atoms with Crippen molar-refractivity contribution in [2.75, 3.05) is 33.3 Å². The summed E-state index contributed by atoms with van der Waals surface area (Å²) < 4.78 is 5.35. The molecule has 4 rings (SSSR count). The van der Waals surface area contributed by atoms with Crippen LogP contribution >= 0.6 is 0 Å². The standard InChI is InChI=1S/C25H36N4O4/c1-33-22-10-3-2-7-18(22)13-16-29-24(31)20(27-25(29)32)11-12-23(30)26-17-19-8-6-15-28-14-5-4-9-21(19)28/h2-3,7,10,19-21H,4-6,8-9,11-17H2,1H3,(H,26,30)(H,27,32)/t19-,20+,21+/m0/s1. The van der Waals surface area contributed by atoms with Crippen molar-refractivity contribution < 1.29 is 19.1 Å². The molecule has 0 aliphatic carbocycles. The first-order valence-corrected chi connectivity index (χ1v) is 12.3. The third-order valence-electron chi connectivity index (χ3n) is 7.35. The van der Waals surface area contributed by atoms with E-state index in [1.807, 2.05) is 24.3 Å². The minimum Gasteiger partial charge on any atom is -0.496 e. The number of rotatable bonds is 9. The monoisotopic (exact) mass is 456 g/mol. The van der Waals surface area contributed by atoms with Gasteiger partial charge in [-0.3, -0.25) is 14.5 Å². The number of piperidine rings is 2. The second kappa shape index (κ2) is 11.0. The molecule has 4 amide bonds. The van der Waals surface area contributed by atoms with Crippen LogP contribution in [0.5, 0.6) is 5.75 Å². The average molecular weight is 457 g/mol. The summed E-state index contributed by atoms with van der Waals surface area (Å²) in [5, 5.41) is 5.83. The number of hydrogen-bond donors (Lipinski definition) is 2. The lowest BCUT2D eigenvalue weighted by atomic mass is 9.83. The molecule has 33 heavy (non-hydrogen) atoms. The molecule has 3 fully saturated rings. The Labute approximate surface area is 196 Å². The molecular weight excluding hydrogens is 420 g/mol. The SMILES string of the molecule is COc1ccccc1CCN1C(=O)N[C@H](CCC(=O)NC[C@@H]2CCCN3CCCC[C@H]23)C1=O. The fraction of sp³-hybridized carbons (Fsp3) is 0.640. The van der Waals surface area contributed by atoms with Crippen molar-refractivity contribution in [3.8, 4) is 5.75 Å². The molecule has 2 N–H and O–H groups in total. The lowest BCUT2D eigenvalue weighted by Crippen LogP contribution is -2.51. The number of urea groups is 1. The third-order valence-corrected chi connectivity index (χ3v) is 7.35. The third kappa shape index (κ3) is 5.66. The Morgan fingerprint density at radius 3 is 2.82 bits per heavy atom. The van der Waals surface area contributed by atoms with Gasteiger partial charge in [0.15, 0.2) is 0 Å². The van der Waals surface area contributed by atoms with E-state index >= 15 is 0 Å². The van der Waals surface area contributed by atoms with Gasteiger partial charge in [0.25, 0.3) is 5.91 Å². The summed E-state index contributed by atoms with van der Waals surface area (Å²) in [5.41, 5.74) is 0.947. The normalized spacial score (nSPS) is 25.5. The highest BCUT2D eigenvalue weighted by Crippen LogP contribution is 2.30. The van der Waals surface area contributed by atoms with Crippen molar-refractivity contribution in [1.82, 2.24) is 20.4 Å². The second-order valence-corrected chi connectivity index (χ2v) is 9.40. The van der Waals surface area contributed by atoms with Crippen LogP contribution in [-0.4, -0.2) is 73.0 Å². The molecule has 0 aromatic heterocycles. The van der Waals surface area contributed by atoms with Gasteiger partial charge in [0.05, 0.1) is 7.11 Å². The summed E-state index contributed by atoms with van der Waals surface area (Å²) in [6.45, 7) is 3.36. The highest BCUT2D eigenvalue weighted by molar-refractivity contribution is 6.04. The van der Waals surface area contributed by atoms with Crippen LogP contribution in [0.2, 0.25) is 0 Å². The van der Waals surface area contributed by atoms with Gasteiger partial charge in [-0.25, -0.2) is 4.79 Å². The summed E-state index contributed by atoms with van der Waals surface area (Å²) in [6, 6.07) is 7.16. The second-order valence-electron chi connectivity index (χ2n) is 9.40. The van der Waals surface area contributed by atoms with E-state index in [4.69, 9.17) is 4.74 Å². The maximum Gasteiger partial charge on any atom is 0.324 e. The van der Waals surface area contributed by atoms with Crippen molar-refractivity contribution in [2.24, 2.45) is 5.92 Å². The number of nitrogens with one attached hydrogen (secondary N) is 2. The van der Waals surface area contributed by atoms with Gasteiger partial charge in [-0.1, -0.05) is 24.6 Å². The fourth-order valence-corrected chi connectivity index (χ4v) is 5.55. The molecule has 0 radical (unpaired) electrons. The Hall–Kier alpha value is -2.61. The topological polar surface area (TPSA) is 91.0 Å². The number of benzene rings is 1. The summed E-state index contributed by atoms with van der Waals surface area (Å²) in [5.74, 6) is 0.957. The Morgan fingerprint density at radius 2 is 1.97 bits per heavy atom. The predicted octanol–water partition coefficient (Wildman–Crippen LogP) is 2.32. The molecule has 0 saturated carbocycles. The van der Waals surface area contributed by atoms with Gasteiger partial charge in [0, 0.05) is 25.6 Å². The van der Waals surface area contributed by atoms with Gasteiger partial charge >= 0.3 is 6.03 Å². The molecule has 180 valence electrons. The lowest BCUT2D eigenvalue weighted by Gasteiger charge is -2.44. The van der Waals surface area contributed by atoms with Crippen molar-refractivity contribution in [2.45, 2.75) is 63.5 Å². The van der Waals surface area contributed by atoms with Crippen LogP contribution in [0.3, 0.4) is 0 Å². The zero-order valence-electron chi connectivity index (χ0n) is 19.6. The molecule has 8 nitrogen and oxygen atoms in total. The van der Waals surface area contributed by atoms with Crippen LogP contribution < -0.4 is 15.4 Å². The molecule has 1 aromatic carbocycles. The molecule has 3 aliphatic rings. The molecule has 0 unspecified atom stereocenters. The van der Waals surface area contributed by atoms with Crippen molar-refractivity contribution in [3.63, 3.8) is 0 Å². The highest BCUT2D eigenvalue weighted by Gasteiger charge is 2.38. The van der Waals surface area contributed by atoms with Crippen LogP contribution in [0.25, 0.3) is 0 Å². The molecule has 0 spiro atoms. The number of methoxy groups -OCH3 is 1. The van der Waals surface area contributed by atoms with Crippen molar-refractivity contribution in [3.05, 3.63) is 29.8 Å². The molecular formula is C25H36N4O4. The van der Waals surface area contributed by atoms with Crippen molar-refractivity contribution >= 4 is 17.8 Å². The molecule has 3 aliphatic heterocycles. The average Bonchev–Trinajstić information content (AvgIpc) is 3.12. The zero-order chi connectivity index (χ0) is 23.2. The number of amides is 4. The number of hydrogen-bond acceptors (Lipinski definition) is 5. The Morgan fingerprint density at radius 1 is 1.15 bits per heavy atom. The van der Waals surface area contributed by atoms with Gasteiger partial charge in [-0.05, 0) is 69.2 Å². The predicted molar refractivity (Wildman–Crippen MR) is 125 cm³/mol. The molecule has 3 saturated heterocycles. The first kappa shape index (κ1) is 23.5. The van der Waals surface area contributed by atoms with E-state index in [1.54, 1.807) is 7.11 Å². The highest BCUT2D eigenvalue weighted by atomic mass is 16.5. The molecule has 3 atom stereocenters. The van der Waals surface area contributed by atoms with E-state index in [1.165, 1.54) is 50.1 Å². The van der Waals surface area contributed by atoms with Crippen LogP contribution in [-0.2, 0) is 16.0 Å². The summed E-state index contributed by atoms with van der Waals surface area (Å²) >= 11 is 0. The summed E-state index contributed by atoms with van der Waals surface area (Å²) in [4.78, 5) is 41.4. The molecule has 3 heterocycles. The van der Waals surface area contributed by atoms with E-state index in [0.717, 1.165) is 11.3 Å². The smallest absolute Gasteiger partial charge is 0.324 e. The number of para-hydroxylation sites is 1. The Bertz CT molecular complexity index is 859. The number of nitrogens with zero attached hydrogens (tertiary/aromatic N) is 2. The quantitative estimate of drug-likeness (QED) is 0.557. The van der Waals surface area contributed by atoms with E-state index < -0.39 is 6.04 Å². The Kier molecular flexibility index (Phi) is 7.85. The van der Waals surface area contributed by atoms with Crippen LogP contribution in [0.4, 0.5) is 4.79 Å². The summed E-state index contributed by atoms with van der Waals surface area (Å²) in [6.07, 6.45) is 7.24. The minimum atomic E-state index is -0.635. The van der Waals surface area contributed by atoms with Gasteiger partial charge in [-0.15, -0.1) is 0 Å². The fourth-order valence-electron chi connectivity index (χ4n) is 5.55. The number of imide groups is 1. The number of fused-ring (bicyclic) bond motifs is 1. The lowest BCUT2D eigenvalue weighted by molar-refractivity contribution is -0.127. The number of carbonyl (C=O) groups is 3. The maximum absolute atomic E-state index is 12.7. The maximum atomic E-state index is 12.7. The van der Waals surface area contributed by atoms with Gasteiger partial charge in [0.2, 0.25) is 5.91 Å². The Balaban J connectivity index is 1.21. The first-order chi connectivity index (χ1) is 16.1. The van der Waals surface area contributed by atoms with E-state index in [2.05, 4.69) is 15.5 Å². The molecule has 0 bridgehead atoms. The van der Waals surface area contributed by atoms with Gasteiger partial charge in [0.1, 0.15) is 11.8 Å². The minimum absolute atomic E-state index is 0.0440. The first-order valence-electron chi connectivity index (χ1n) is 12.3. The number of carbonyl (C=O) groups excluding carboxylic acids is 3. The molecule has 1 aromatic rings. The summed E-state index contributed by atoms with van der Waals surface area (Å²) in [7, 11) is 1.60. The van der Waals surface area contributed by atoms with Crippen LogP contribution in [0.1, 0.15) is 50.5 Å².